The Labute approximate surface area is 127 Å². The van der Waals surface area contributed by atoms with Crippen molar-refractivity contribution >= 4 is 12.0 Å². The van der Waals surface area contributed by atoms with Crippen LogP contribution in [0.5, 0.6) is 11.5 Å². The number of nitrogens with zero attached hydrogens (tertiary/aromatic N) is 1. The van der Waals surface area contributed by atoms with Crippen LogP contribution in [-0.2, 0) is 11.3 Å². The maximum atomic E-state index is 12.1. The highest BCUT2D eigenvalue weighted by molar-refractivity contribution is 5.92. The summed E-state index contributed by atoms with van der Waals surface area (Å²) in [6.45, 7) is 0.473. The van der Waals surface area contributed by atoms with Crippen LogP contribution in [0.2, 0.25) is 0 Å². The molecule has 0 aromatic heterocycles. The highest BCUT2D eigenvalue weighted by Gasteiger charge is 2.47. The second-order valence-corrected chi connectivity index (χ2v) is 4.87. The molecule has 2 amide bonds. The van der Waals surface area contributed by atoms with Gasteiger partial charge in [0.15, 0.2) is 0 Å². The zero-order chi connectivity index (χ0) is 16.3. The van der Waals surface area contributed by atoms with Crippen molar-refractivity contribution in [2.45, 2.75) is 18.6 Å². The third kappa shape index (κ3) is 2.91. The van der Waals surface area contributed by atoms with Gasteiger partial charge in [0.05, 0.1) is 20.3 Å². The Morgan fingerprint density at radius 2 is 2.14 bits per heavy atom. The number of ether oxygens (including phenoxy) is 2. The van der Waals surface area contributed by atoms with Crippen molar-refractivity contribution < 1.29 is 24.2 Å². The molecule has 0 spiro atoms. The molecule has 8 nitrogen and oxygen atoms in total. The van der Waals surface area contributed by atoms with Crippen LogP contribution in [0, 0.1) is 0 Å². The number of carbonyl (C=O) groups is 2. The van der Waals surface area contributed by atoms with Gasteiger partial charge in [0.1, 0.15) is 17.5 Å². The van der Waals surface area contributed by atoms with E-state index < -0.39 is 12.1 Å². The second-order valence-electron chi connectivity index (χ2n) is 4.87. The molecule has 0 radical (unpaired) electrons. The van der Waals surface area contributed by atoms with Gasteiger partial charge in [-0.15, -0.1) is 0 Å². The average Bonchev–Trinajstić information content (AvgIpc) is 2.52. The molecule has 1 aromatic carbocycles. The van der Waals surface area contributed by atoms with Gasteiger partial charge in [-0.3, -0.25) is 4.79 Å². The minimum Gasteiger partial charge on any atom is -0.497 e. The highest BCUT2D eigenvalue weighted by atomic mass is 16.5. The fourth-order valence-corrected chi connectivity index (χ4v) is 2.52. The Kier molecular flexibility index (Phi) is 4.71. The first kappa shape index (κ1) is 15.9. The Balaban J connectivity index is 2.14. The molecule has 1 heterocycles. The number of carboxylic acid groups (broad SMARTS) is 1. The molecule has 1 fully saturated rings. The summed E-state index contributed by atoms with van der Waals surface area (Å²) in [6, 6.07) is 4.15. The molecule has 2 atom stereocenters. The zero-order valence-corrected chi connectivity index (χ0v) is 12.4. The summed E-state index contributed by atoms with van der Waals surface area (Å²) in [4.78, 5) is 24.3. The van der Waals surface area contributed by atoms with E-state index in [4.69, 9.17) is 20.3 Å². The summed E-state index contributed by atoms with van der Waals surface area (Å²) in [7, 11) is 3.09. The van der Waals surface area contributed by atoms with E-state index in [9.17, 15) is 9.59 Å². The molecule has 1 saturated heterocycles. The van der Waals surface area contributed by atoms with Gasteiger partial charge < -0.3 is 30.5 Å². The highest BCUT2D eigenvalue weighted by Crippen LogP contribution is 2.29. The van der Waals surface area contributed by atoms with Gasteiger partial charge >= 0.3 is 6.09 Å². The molecule has 8 heteroatoms. The summed E-state index contributed by atoms with van der Waals surface area (Å²) < 4.78 is 10.4. The van der Waals surface area contributed by atoms with Crippen LogP contribution in [0.15, 0.2) is 18.2 Å². The van der Waals surface area contributed by atoms with E-state index in [1.807, 2.05) is 0 Å². The van der Waals surface area contributed by atoms with Crippen LogP contribution >= 0.6 is 0 Å². The van der Waals surface area contributed by atoms with E-state index in [1.165, 1.54) is 12.0 Å². The Bertz CT molecular complexity index is 578. The number of nitrogens with two attached hydrogens (primary N) is 1. The lowest BCUT2D eigenvalue weighted by atomic mass is 9.94. The zero-order valence-electron chi connectivity index (χ0n) is 12.4. The quantitative estimate of drug-likeness (QED) is 0.638. The fraction of sp³-hybridized carbons (Fsp3) is 0.429. The molecule has 0 saturated carbocycles. The fourth-order valence-electron chi connectivity index (χ4n) is 2.52. The maximum Gasteiger partial charge on any atom is 0.405 e. The molecule has 22 heavy (non-hydrogen) atoms. The number of carbonyl (C=O) groups excluding carboxylic acids is 1. The molecule has 4 N–H and O–H groups in total. The average molecular weight is 309 g/mol. The summed E-state index contributed by atoms with van der Waals surface area (Å²) in [5.74, 6) is 0.949. The van der Waals surface area contributed by atoms with Gasteiger partial charge in [0.2, 0.25) is 5.91 Å². The first-order valence-electron chi connectivity index (χ1n) is 6.72. The number of rotatable bonds is 6. The monoisotopic (exact) mass is 309 g/mol. The van der Waals surface area contributed by atoms with Crippen LogP contribution in [0.25, 0.3) is 0 Å². The van der Waals surface area contributed by atoms with Crippen LogP contribution in [-0.4, -0.2) is 54.9 Å². The van der Waals surface area contributed by atoms with Gasteiger partial charge in [0, 0.05) is 24.7 Å². The Hall–Kier alpha value is -2.48. The summed E-state index contributed by atoms with van der Waals surface area (Å²) in [6.07, 6.45) is -1.24. The number of benzene rings is 1. The molecule has 0 bridgehead atoms. The molecule has 1 aliphatic rings. The van der Waals surface area contributed by atoms with Gasteiger partial charge in [-0.2, -0.15) is 0 Å². The number of hydrogen-bond acceptors (Lipinski definition) is 5. The first-order valence-corrected chi connectivity index (χ1v) is 6.72. The number of β-lactam (4-membered cyclic amide) rings is 1. The standard InChI is InChI=1S/C14H19N3O5/c1-21-9-4-3-8(11(5-9)22-2)7-17-10(6-15)12(13(17)18)16-14(19)20/h3-5,10,12,16H,6-7,15H2,1-2H3,(H,19,20)/t10-,12-/m0/s1. The Morgan fingerprint density at radius 1 is 1.41 bits per heavy atom. The molecule has 1 aromatic rings. The minimum atomic E-state index is -1.24. The Morgan fingerprint density at radius 3 is 2.68 bits per heavy atom. The third-order valence-electron chi connectivity index (χ3n) is 3.69. The van der Waals surface area contributed by atoms with Crippen LogP contribution in [0.3, 0.4) is 0 Å². The van der Waals surface area contributed by atoms with Crippen LogP contribution in [0.4, 0.5) is 4.79 Å². The predicted molar refractivity (Wildman–Crippen MR) is 77.9 cm³/mol. The van der Waals surface area contributed by atoms with Crippen molar-refractivity contribution in [1.29, 1.82) is 0 Å². The van der Waals surface area contributed by atoms with Crippen LogP contribution in [0.1, 0.15) is 5.56 Å². The number of likely N-dealkylation sites (tertiary alicyclic amines) is 1. The molecular weight excluding hydrogens is 290 g/mol. The molecule has 120 valence electrons. The van der Waals surface area contributed by atoms with Crippen molar-refractivity contribution in [2.24, 2.45) is 5.73 Å². The van der Waals surface area contributed by atoms with Crippen molar-refractivity contribution in [2.75, 3.05) is 20.8 Å². The van der Waals surface area contributed by atoms with Crippen molar-refractivity contribution in [3.63, 3.8) is 0 Å². The number of hydrogen-bond donors (Lipinski definition) is 3. The van der Waals surface area contributed by atoms with Gasteiger partial charge in [-0.25, -0.2) is 4.79 Å². The third-order valence-corrected chi connectivity index (χ3v) is 3.69. The van der Waals surface area contributed by atoms with E-state index in [1.54, 1.807) is 25.3 Å². The maximum absolute atomic E-state index is 12.1. The van der Waals surface area contributed by atoms with Crippen molar-refractivity contribution in [1.82, 2.24) is 10.2 Å². The van der Waals surface area contributed by atoms with Crippen LogP contribution < -0.4 is 20.5 Å². The molecule has 0 aliphatic carbocycles. The van der Waals surface area contributed by atoms with Gasteiger partial charge in [0.25, 0.3) is 0 Å². The van der Waals surface area contributed by atoms with Gasteiger partial charge in [-0.1, -0.05) is 0 Å². The molecule has 0 unspecified atom stereocenters. The van der Waals surface area contributed by atoms with E-state index in [0.717, 1.165) is 5.56 Å². The van der Waals surface area contributed by atoms with E-state index in [2.05, 4.69) is 5.32 Å². The molecule has 1 aliphatic heterocycles. The number of amides is 2. The SMILES string of the molecule is COc1ccc(CN2C(=O)[C@@H](NC(=O)O)[C@@H]2CN)c(OC)c1. The summed E-state index contributed by atoms with van der Waals surface area (Å²) in [5, 5.41) is 10.9. The van der Waals surface area contributed by atoms with Gasteiger partial charge in [-0.05, 0) is 12.1 Å². The largest absolute Gasteiger partial charge is 0.497 e. The summed E-state index contributed by atoms with van der Waals surface area (Å²) >= 11 is 0. The van der Waals surface area contributed by atoms with Crippen molar-refractivity contribution in [3.05, 3.63) is 23.8 Å². The lowest BCUT2D eigenvalue weighted by Gasteiger charge is -2.46. The normalized spacial score (nSPS) is 20.3. The van der Waals surface area contributed by atoms with E-state index >= 15 is 0 Å². The van der Waals surface area contributed by atoms with E-state index in [0.29, 0.717) is 18.0 Å². The predicted octanol–water partition coefficient (Wildman–Crippen LogP) is 0.00950. The smallest absolute Gasteiger partial charge is 0.405 e. The first-order chi connectivity index (χ1) is 10.5. The number of methoxy groups -OCH3 is 2. The lowest BCUT2D eigenvalue weighted by molar-refractivity contribution is -0.151. The topological polar surface area (TPSA) is 114 Å². The lowest BCUT2D eigenvalue weighted by Crippen LogP contribution is -2.72. The number of nitrogens with one attached hydrogen (secondary N) is 1. The van der Waals surface area contributed by atoms with E-state index in [-0.39, 0.29) is 18.5 Å². The second kappa shape index (κ2) is 6.52. The molecular formula is C14H19N3O5. The van der Waals surface area contributed by atoms with Crippen molar-refractivity contribution in [3.8, 4) is 11.5 Å². The summed E-state index contributed by atoms with van der Waals surface area (Å²) in [5.41, 5.74) is 6.44. The minimum absolute atomic E-state index is 0.176. The molecule has 2 rings (SSSR count).